The molecular formula is C34H43FN4O5SSi. The number of cyclic esters (lactones) is 1. The van der Waals surface area contributed by atoms with Crippen LogP contribution in [-0.2, 0) is 20.5 Å². The number of ether oxygens (including phenoxy) is 1. The lowest BCUT2D eigenvalue weighted by Gasteiger charge is -2.36. The van der Waals surface area contributed by atoms with E-state index in [1.54, 1.807) is 27.7 Å². The van der Waals surface area contributed by atoms with Crippen molar-refractivity contribution in [2.45, 2.75) is 81.8 Å². The van der Waals surface area contributed by atoms with E-state index >= 15 is 4.39 Å². The zero-order chi connectivity index (χ0) is 32.8. The Hall–Kier alpha value is -3.19. The van der Waals surface area contributed by atoms with Gasteiger partial charge in [-0.25, -0.2) is 9.18 Å². The van der Waals surface area contributed by atoms with Gasteiger partial charge in [0.25, 0.3) is 5.56 Å². The number of benzene rings is 2. The van der Waals surface area contributed by atoms with Gasteiger partial charge in [-0.05, 0) is 85.7 Å². The molecule has 1 unspecified atom stereocenters. The number of aromatic nitrogens is 1. The number of anilines is 2. The second-order valence-electron chi connectivity index (χ2n) is 14.0. The Labute approximate surface area is 274 Å². The SMILES string of the molecule is CC(C)(C)[Si](C)(C)OCCCN(CCC[C@@H]1CN(c2ccc3c(c2)NC(=O)CS3)C(=O)O1)C1Cn2c(=O)ccc3ccc(F)c1c32. The first kappa shape index (κ1) is 32.7. The van der Waals surface area contributed by atoms with Crippen LogP contribution in [0.5, 0.6) is 0 Å². The molecule has 1 aromatic heterocycles. The van der Waals surface area contributed by atoms with Crippen molar-refractivity contribution in [1.29, 1.82) is 0 Å². The van der Waals surface area contributed by atoms with Crippen molar-refractivity contribution >= 4 is 54.4 Å². The third-order valence-corrected chi connectivity index (χ3v) is 15.5. The molecule has 3 aromatic rings. The molecule has 0 bridgehead atoms. The van der Waals surface area contributed by atoms with Crippen molar-refractivity contribution in [3.63, 3.8) is 0 Å². The lowest BCUT2D eigenvalue weighted by atomic mass is 10.0. The maximum Gasteiger partial charge on any atom is 0.414 e. The summed E-state index contributed by atoms with van der Waals surface area (Å²) in [5.41, 5.74) is 2.54. The molecule has 0 saturated carbocycles. The maximum absolute atomic E-state index is 15.5. The molecule has 1 N–H and O–H groups in total. The van der Waals surface area contributed by atoms with E-state index in [1.807, 2.05) is 18.2 Å². The largest absolute Gasteiger partial charge is 0.444 e. The van der Waals surface area contributed by atoms with Crippen molar-refractivity contribution < 1.29 is 23.1 Å². The summed E-state index contributed by atoms with van der Waals surface area (Å²) >= 11 is 1.48. The van der Waals surface area contributed by atoms with Crippen LogP contribution >= 0.6 is 11.8 Å². The van der Waals surface area contributed by atoms with Crippen molar-refractivity contribution in [3.8, 4) is 0 Å². The Morgan fingerprint density at radius 2 is 1.83 bits per heavy atom. The molecule has 2 atom stereocenters. The molecule has 1 saturated heterocycles. The predicted molar refractivity (Wildman–Crippen MR) is 183 cm³/mol. The molecule has 4 heterocycles. The first-order chi connectivity index (χ1) is 21.8. The Morgan fingerprint density at radius 1 is 1.07 bits per heavy atom. The molecule has 12 heteroatoms. The van der Waals surface area contributed by atoms with E-state index in [1.165, 1.54) is 17.8 Å². The molecule has 0 radical (unpaired) electrons. The first-order valence-electron chi connectivity index (χ1n) is 16.1. The number of amides is 2. The Kier molecular flexibility index (Phi) is 9.09. The maximum atomic E-state index is 15.5. The number of hydrogen-bond donors (Lipinski definition) is 1. The molecule has 46 heavy (non-hydrogen) atoms. The molecular weight excluding hydrogens is 624 g/mol. The molecule has 3 aliphatic rings. The summed E-state index contributed by atoms with van der Waals surface area (Å²) < 4.78 is 29.4. The van der Waals surface area contributed by atoms with Crippen LogP contribution < -0.4 is 15.8 Å². The molecule has 6 rings (SSSR count). The van der Waals surface area contributed by atoms with Crippen LogP contribution in [0.15, 0.2) is 52.2 Å². The summed E-state index contributed by atoms with van der Waals surface area (Å²) in [6.07, 6.45) is 1.46. The number of carbonyl (C=O) groups is 2. The highest BCUT2D eigenvalue weighted by atomic mass is 32.2. The number of carbonyl (C=O) groups excluding carboxylic acids is 2. The van der Waals surface area contributed by atoms with Crippen LogP contribution in [0, 0.1) is 5.82 Å². The fraction of sp³-hybridized carbons (Fsp3) is 0.500. The van der Waals surface area contributed by atoms with E-state index in [4.69, 9.17) is 9.16 Å². The third kappa shape index (κ3) is 6.49. The molecule has 2 amide bonds. The summed E-state index contributed by atoms with van der Waals surface area (Å²) in [6.45, 7) is 13.9. The Morgan fingerprint density at radius 3 is 2.61 bits per heavy atom. The van der Waals surface area contributed by atoms with Crippen LogP contribution in [0.1, 0.15) is 51.6 Å². The van der Waals surface area contributed by atoms with E-state index in [-0.39, 0.29) is 34.5 Å². The smallest absolute Gasteiger partial charge is 0.414 e. The standard InChI is InChI=1S/C34H43FN4O5SSi/c1-34(2,3)46(4,5)43-17-7-16-37(27-20-39-30(41)14-10-22-9-12-25(35)31(27)32(22)39)15-6-8-24-19-38(33(42)44-24)23-11-13-28-26(18-23)36-29(40)21-45-28/h9-14,18,24,27H,6-8,15-17,19-21H2,1-5H3,(H,36,40)/t24-,27?/m1/s1. The van der Waals surface area contributed by atoms with E-state index in [2.05, 4.69) is 44.1 Å². The van der Waals surface area contributed by atoms with Crippen LogP contribution in [-0.4, -0.2) is 67.9 Å². The van der Waals surface area contributed by atoms with Crippen molar-refractivity contribution in [2.24, 2.45) is 0 Å². The van der Waals surface area contributed by atoms with Gasteiger partial charge in [0.05, 0.1) is 29.5 Å². The minimum Gasteiger partial charge on any atom is -0.444 e. The van der Waals surface area contributed by atoms with Gasteiger partial charge in [0.15, 0.2) is 8.32 Å². The van der Waals surface area contributed by atoms with Gasteiger partial charge in [-0.15, -0.1) is 11.8 Å². The highest BCUT2D eigenvalue weighted by Gasteiger charge is 2.38. The molecule has 1 fully saturated rings. The number of nitrogens with one attached hydrogen (secondary N) is 1. The molecule has 0 spiro atoms. The van der Waals surface area contributed by atoms with Gasteiger partial charge >= 0.3 is 6.09 Å². The summed E-state index contributed by atoms with van der Waals surface area (Å²) in [5.74, 6) is 0.0302. The average molecular weight is 667 g/mol. The van der Waals surface area contributed by atoms with Crippen LogP contribution in [0.3, 0.4) is 0 Å². The topological polar surface area (TPSA) is 93.1 Å². The zero-order valence-electron chi connectivity index (χ0n) is 27.2. The third-order valence-electron chi connectivity index (χ3n) is 9.88. The fourth-order valence-electron chi connectivity index (χ4n) is 6.34. The second-order valence-corrected chi connectivity index (χ2v) is 19.8. The van der Waals surface area contributed by atoms with Crippen molar-refractivity contribution in [1.82, 2.24) is 9.47 Å². The van der Waals surface area contributed by atoms with Crippen LogP contribution in [0.25, 0.3) is 10.9 Å². The van der Waals surface area contributed by atoms with E-state index in [9.17, 15) is 14.4 Å². The molecule has 246 valence electrons. The van der Waals surface area contributed by atoms with Crippen molar-refractivity contribution in [3.05, 3.63) is 64.2 Å². The van der Waals surface area contributed by atoms with Gasteiger partial charge in [0.1, 0.15) is 11.9 Å². The highest BCUT2D eigenvalue weighted by molar-refractivity contribution is 8.00. The minimum absolute atomic E-state index is 0.0565. The Bertz CT molecular complexity index is 1720. The summed E-state index contributed by atoms with van der Waals surface area (Å²) in [5, 5.41) is 3.85. The lowest BCUT2D eigenvalue weighted by Crippen LogP contribution is -2.41. The van der Waals surface area contributed by atoms with Crippen molar-refractivity contribution in [2.75, 3.05) is 42.2 Å². The summed E-state index contributed by atoms with van der Waals surface area (Å²) in [6, 6.07) is 11.9. The summed E-state index contributed by atoms with van der Waals surface area (Å²) in [4.78, 5) is 42.4. The highest BCUT2D eigenvalue weighted by Crippen LogP contribution is 2.39. The fourth-order valence-corrected chi connectivity index (χ4v) is 8.21. The Balaban J connectivity index is 1.14. The van der Waals surface area contributed by atoms with Crippen LogP contribution in [0.2, 0.25) is 18.1 Å². The van der Waals surface area contributed by atoms with E-state index in [0.717, 1.165) is 23.1 Å². The van der Waals surface area contributed by atoms with Gasteiger partial charge in [0, 0.05) is 41.9 Å². The van der Waals surface area contributed by atoms with E-state index < -0.39 is 14.4 Å². The van der Waals surface area contributed by atoms with Gasteiger partial charge < -0.3 is 19.0 Å². The number of nitrogens with zero attached hydrogens (tertiary/aromatic N) is 3. The van der Waals surface area contributed by atoms with Gasteiger partial charge in [-0.3, -0.25) is 19.4 Å². The molecule has 0 aliphatic carbocycles. The second kappa shape index (κ2) is 12.8. The van der Waals surface area contributed by atoms with Gasteiger partial charge in [0.2, 0.25) is 5.91 Å². The normalized spacial score (nSPS) is 19.6. The van der Waals surface area contributed by atoms with Gasteiger partial charge in [-0.1, -0.05) is 20.8 Å². The van der Waals surface area contributed by atoms with Gasteiger partial charge in [-0.2, -0.15) is 0 Å². The monoisotopic (exact) mass is 666 g/mol. The number of fused-ring (bicyclic) bond motifs is 1. The first-order valence-corrected chi connectivity index (χ1v) is 20.0. The number of rotatable bonds is 11. The number of thioether (sulfide) groups is 1. The molecule has 9 nitrogen and oxygen atoms in total. The quantitative estimate of drug-likeness (QED) is 0.179. The average Bonchev–Trinajstić information content (AvgIpc) is 3.58. The number of hydrogen-bond acceptors (Lipinski definition) is 7. The van der Waals surface area contributed by atoms with E-state index in [0.29, 0.717) is 67.4 Å². The van der Waals surface area contributed by atoms with Crippen LogP contribution in [0.4, 0.5) is 20.6 Å². The molecule has 2 aromatic carbocycles. The molecule has 3 aliphatic heterocycles. The zero-order valence-corrected chi connectivity index (χ0v) is 29.0. The summed E-state index contributed by atoms with van der Waals surface area (Å²) in [7, 11) is -1.91. The number of pyridine rings is 1. The lowest BCUT2D eigenvalue weighted by molar-refractivity contribution is -0.113. The predicted octanol–water partition coefficient (Wildman–Crippen LogP) is 6.76. The minimum atomic E-state index is -1.91. The number of halogens is 1.